The second kappa shape index (κ2) is 4.48. The Kier molecular flexibility index (Phi) is 4.18. The summed E-state index contributed by atoms with van der Waals surface area (Å²) in [4.78, 5) is 0. The van der Waals surface area contributed by atoms with E-state index in [1.54, 1.807) is 0 Å². The van der Waals surface area contributed by atoms with Gasteiger partial charge < -0.3 is 0 Å². The van der Waals surface area contributed by atoms with Gasteiger partial charge in [0.1, 0.15) is 0 Å². The molecule has 0 bridgehead atoms. The summed E-state index contributed by atoms with van der Waals surface area (Å²) in [6.45, 7) is 13.6. The molecule has 1 rings (SSSR count). The van der Waals surface area contributed by atoms with E-state index < -0.39 is 19.2 Å². The third-order valence-corrected chi connectivity index (χ3v) is 12.6. The van der Waals surface area contributed by atoms with Gasteiger partial charge in [-0.15, -0.1) is 0 Å². The summed E-state index contributed by atoms with van der Waals surface area (Å²) >= 11 is -1.90. The Morgan fingerprint density at radius 3 is 2.14 bits per heavy atom. The van der Waals surface area contributed by atoms with E-state index in [-0.39, 0.29) is 5.54 Å². The Morgan fingerprint density at radius 2 is 1.86 bits per heavy atom. The standard InChI is InChI=1S/C10H22N2.ClH.Sn/c1-7-9(11-8(2)3)12-10(4,5)6;;/h8-9H,7H2,1-6H3;1H;/q-2;;+3/p-1. The van der Waals surface area contributed by atoms with Gasteiger partial charge >= 0.3 is 100 Å². The fourth-order valence-corrected chi connectivity index (χ4v) is 12.8. The molecule has 1 atom stereocenters. The van der Waals surface area contributed by atoms with Crippen LogP contribution < -0.4 is 0 Å². The minimum atomic E-state index is -1.90. The summed E-state index contributed by atoms with van der Waals surface area (Å²) in [7, 11) is 6.58. The maximum atomic E-state index is 6.58. The Hall–Kier alpha value is 1.01. The molecule has 1 heterocycles. The summed E-state index contributed by atoms with van der Waals surface area (Å²) in [5, 5.41) is 0. The van der Waals surface area contributed by atoms with Gasteiger partial charge in [-0.3, -0.25) is 0 Å². The van der Waals surface area contributed by atoms with Gasteiger partial charge in [-0.05, 0) is 0 Å². The quantitative estimate of drug-likeness (QED) is 0.721. The zero-order chi connectivity index (χ0) is 11.1. The van der Waals surface area contributed by atoms with Gasteiger partial charge in [-0.2, -0.15) is 0 Å². The molecule has 0 amide bonds. The molecule has 0 aromatic heterocycles. The molecule has 1 saturated heterocycles. The second-order valence-electron chi connectivity index (χ2n) is 5.20. The van der Waals surface area contributed by atoms with E-state index in [2.05, 4.69) is 47.8 Å². The zero-order valence-electron chi connectivity index (χ0n) is 10.1. The van der Waals surface area contributed by atoms with Crippen LogP contribution in [-0.2, 0) is 0 Å². The van der Waals surface area contributed by atoms with E-state index >= 15 is 0 Å². The van der Waals surface area contributed by atoms with Crippen LogP contribution in [0.15, 0.2) is 0 Å². The number of rotatable bonds is 2. The maximum absolute atomic E-state index is 6.58. The Bertz CT molecular complexity index is 203. The van der Waals surface area contributed by atoms with Crippen molar-refractivity contribution in [2.75, 3.05) is 0 Å². The number of nitrogens with zero attached hydrogens (tertiary/aromatic N) is 2. The SMILES string of the molecule is CCC1[N](C(C)C)[Sn]([Cl])[N]1C(C)(C)C. The summed E-state index contributed by atoms with van der Waals surface area (Å²) in [5.41, 5.74) is 0.253. The molecule has 0 spiro atoms. The summed E-state index contributed by atoms with van der Waals surface area (Å²) in [6, 6.07) is 0.616. The van der Waals surface area contributed by atoms with Crippen LogP contribution in [0.5, 0.6) is 0 Å². The van der Waals surface area contributed by atoms with Gasteiger partial charge in [0.25, 0.3) is 0 Å². The summed E-state index contributed by atoms with van der Waals surface area (Å²) in [6.07, 6.45) is 1.79. The molecular formula is C10H22ClN2Sn. The predicted molar refractivity (Wildman–Crippen MR) is 64.3 cm³/mol. The molecule has 0 saturated carbocycles. The topological polar surface area (TPSA) is 6.48 Å². The van der Waals surface area contributed by atoms with Crippen LogP contribution in [0.1, 0.15) is 48.0 Å². The average molecular weight is 324 g/mol. The first-order chi connectivity index (χ1) is 6.30. The molecule has 0 aromatic rings. The molecule has 1 radical (unpaired) electrons. The van der Waals surface area contributed by atoms with Crippen LogP contribution in [-0.4, -0.2) is 43.2 Å². The number of hydrogen-bond donors (Lipinski definition) is 0. The van der Waals surface area contributed by atoms with Crippen molar-refractivity contribution in [3.8, 4) is 0 Å². The molecule has 0 N–H and O–H groups in total. The molecule has 1 aliphatic heterocycles. The van der Waals surface area contributed by atoms with Gasteiger partial charge in [-0.25, -0.2) is 0 Å². The third-order valence-electron chi connectivity index (χ3n) is 2.68. The van der Waals surface area contributed by atoms with Crippen LogP contribution in [0, 0.1) is 0 Å². The molecule has 1 fully saturated rings. The van der Waals surface area contributed by atoms with Crippen molar-refractivity contribution in [1.29, 1.82) is 0 Å². The average Bonchev–Trinajstić information content (AvgIpc) is 1.95. The molecule has 14 heavy (non-hydrogen) atoms. The third kappa shape index (κ3) is 2.23. The van der Waals surface area contributed by atoms with Crippen molar-refractivity contribution in [2.45, 2.75) is 65.7 Å². The Balaban J connectivity index is 2.74. The van der Waals surface area contributed by atoms with E-state index in [1.165, 1.54) is 6.42 Å². The Labute approximate surface area is 99.8 Å². The van der Waals surface area contributed by atoms with E-state index in [1.807, 2.05) is 0 Å². The van der Waals surface area contributed by atoms with Crippen molar-refractivity contribution in [3.63, 3.8) is 0 Å². The van der Waals surface area contributed by atoms with Crippen LogP contribution in [0.4, 0.5) is 0 Å². The first kappa shape index (κ1) is 13.1. The van der Waals surface area contributed by atoms with E-state index in [0.29, 0.717) is 12.2 Å². The number of hydrogen-bond acceptors (Lipinski definition) is 2. The summed E-state index contributed by atoms with van der Waals surface area (Å²) in [5.74, 6) is 0. The van der Waals surface area contributed by atoms with E-state index in [9.17, 15) is 0 Å². The van der Waals surface area contributed by atoms with Crippen LogP contribution in [0.2, 0.25) is 0 Å². The fourth-order valence-electron chi connectivity index (χ4n) is 2.10. The molecule has 83 valence electrons. The molecule has 2 nitrogen and oxygen atoms in total. The molecule has 0 aromatic carbocycles. The fraction of sp³-hybridized carbons (Fsp3) is 1.00. The van der Waals surface area contributed by atoms with Crippen LogP contribution in [0.25, 0.3) is 0 Å². The Morgan fingerprint density at radius 1 is 1.36 bits per heavy atom. The van der Waals surface area contributed by atoms with Crippen molar-refractivity contribution in [1.82, 2.24) is 6.24 Å². The van der Waals surface area contributed by atoms with Crippen molar-refractivity contribution >= 4 is 28.1 Å². The monoisotopic (exact) mass is 325 g/mol. The van der Waals surface area contributed by atoms with E-state index in [0.717, 1.165) is 0 Å². The van der Waals surface area contributed by atoms with Crippen LogP contribution >= 0.6 is 8.92 Å². The van der Waals surface area contributed by atoms with E-state index in [4.69, 9.17) is 8.92 Å². The molecule has 0 aliphatic carbocycles. The molecule has 1 unspecified atom stereocenters. The van der Waals surface area contributed by atoms with Crippen molar-refractivity contribution < 1.29 is 0 Å². The zero-order valence-corrected chi connectivity index (χ0v) is 13.7. The van der Waals surface area contributed by atoms with Gasteiger partial charge in [-0.1, -0.05) is 0 Å². The van der Waals surface area contributed by atoms with Crippen molar-refractivity contribution in [3.05, 3.63) is 0 Å². The first-order valence-corrected chi connectivity index (χ1v) is 11.6. The minimum absolute atomic E-state index is 0.253. The molecule has 1 aliphatic rings. The van der Waals surface area contributed by atoms with Gasteiger partial charge in [0.15, 0.2) is 0 Å². The predicted octanol–water partition coefficient (Wildman–Crippen LogP) is 2.77. The first-order valence-electron chi connectivity index (χ1n) is 5.40. The second-order valence-corrected chi connectivity index (χ2v) is 11.9. The summed E-state index contributed by atoms with van der Waals surface area (Å²) < 4.78 is 5.14. The van der Waals surface area contributed by atoms with Gasteiger partial charge in [0.2, 0.25) is 0 Å². The van der Waals surface area contributed by atoms with Gasteiger partial charge in [0, 0.05) is 0 Å². The molecular weight excluding hydrogens is 302 g/mol. The van der Waals surface area contributed by atoms with Crippen LogP contribution in [0.3, 0.4) is 0 Å². The van der Waals surface area contributed by atoms with Crippen molar-refractivity contribution in [2.24, 2.45) is 0 Å². The normalized spacial score (nSPS) is 27.0. The number of halogens is 1. The van der Waals surface area contributed by atoms with Gasteiger partial charge in [0.05, 0.1) is 0 Å². The molecule has 4 heteroatoms.